The smallest absolute Gasteiger partial charge is 0.127 e. The van der Waals surface area contributed by atoms with Gasteiger partial charge in [-0.2, -0.15) is 0 Å². The van der Waals surface area contributed by atoms with Crippen LogP contribution in [-0.4, -0.2) is 14.2 Å². The molecule has 0 spiro atoms. The van der Waals surface area contributed by atoms with Crippen LogP contribution in [0, 0.1) is 5.82 Å². The molecule has 0 radical (unpaired) electrons. The van der Waals surface area contributed by atoms with Gasteiger partial charge < -0.3 is 9.47 Å². The van der Waals surface area contributed by atoms with Crippen molar-refractivity contribution in [3.05, 3.63) is 58.4 Å². The predicted molar refractivity (Wildman–Crippen MR) is 81.7 cm³/mol. The minimum atomic E-state index is -0.359. The molecule has 1 unspecified atom stereocenters. The Kier molecular flexibility index (Phi) is 4.89. The fourth-order valence-electron chi connectivity index (χ4n) is 1.90. The minimum Gasteiger partial charge on any atom is -0.497 e. The van der Waals surface area contributed by atoms with E-state index in [0.29, 0.717) is 22.1 Å². The molecule has 0 amide bonds. The minimum absolute atomic E-state index is 0.325. The third kappa shape index (κ3) is 3.07. The van der Waals surface area contributed by atoms with E-state index in [9.17, 15) is 4.39 Å². The van der Waals surface area contributed by atoms with Crippen LogP contribution in [0.25, 0.3) is 0 Å². The van der Waals surface area contributed by atoms with Gasteiger partial charge in [0.2, 0.25) is 0 Å². The quantitative estimate of drug-likeness (QED) is 0.717. The third-order valence-corrected chi connectivity index (χ3v) is 4.17. The first-order chi connectivity index (χ1) is 9.56. The molecule has 2 nitrogen and oxygen atoms in total. The van der Waals surface area contributed by atoms with Crippen molar-refractivity contribution in [3.63, 3.8) is 0 Å². The molecular weight excluding hydrogens is 347 g/mol. The topological polar surface area (TPSA) is 18.5 Å². The number of halogens is 3. The normalized spacial score (nSPS) is 12.1. The summed E-state index contributed by atoms with van der Waals surface area (Å²) in [6, 6.07) is 9.85. The van der Waals surface area contributed by atoms with Crippen LogP contribution in [0.1, 0.15) is 16.0 Å². The molecule has 0 aliphatic carbocycles. The van der Waals surface area contributed by atoms with Crippen LogP contribution in [0.2, 0.25) is 5.02 Å². The molecule has 0 saturated carbocycles. The van der Waals surface area contributed by atoms with Gasteiger partial charge in [0.25, 0.3) is 0 Å². The summed E-state index contributed by atoms with van der Waals surface area (Å²) in [6.45, 7) is 0. The van der Waals surface area contributed by atoms with Crippen LogP contribution in [0.3, 0.4) is 0 Å². The molecule has 2 rings (SSSR count). The fourth-order valence-corrected chi connectivity index (χ4v) is 2.81. The fraction of sp³-hybridized carbons (Fsp3) is 0.200. The highest BCUT2D eigenvalue weighted by molar-refractivity contribution is 9.09. The van der Waals surface area contributed by atoms with Gasteiger partial charge >= 0.3 is 0 Å². The number of benzene rings is 2. The van der Waals surface area contributed by atoms with Crippen LogP contribution in [0.15, 0.2) is 36.4 Å². The van der Waals surface area contributed by atoms with E-state index in [4.69, 9.17) is 21.1 Å². The molecule has 1 atom stereocenters. The molecule has 0 aliphatic rings. The highest BCUT2D eigenvalue weighted by atomic mass is 79.9. The molecule has 5 heteroatoms. The molecule has 20 heavy (non-hydrogen) atoms. The molecule has 0 aliphatic heterocycles. The summed E-state index contributed by atoms with van der Waals surface area (Å²) >= 11 is 9.43. The lowest BCUT2D eigenvalue weighted by molar-refractivity contribution is 0.391. The Morgan fingerprint density at radius 1 is 1.05 bits per heavy atom. The van der Waals surface area contributed by atoms with Crippen molar-refractivity contribution in [3.8, 4) is 11.5 Å². The Labute approximate surface area is 130 Å². The van der Waals surface area contributed by atoms with Crippen molar-refractivity contribution in [2.75, 3.05) is 14.2 Å². The molecule has 106 valence electrons. The molecule has 2 aromatic carbocycles. The maximum atomic E-state index is 13.9. The molecule has 0 N–H and O–H groups in total. The average Bonchev–Trinajstić information content (AvgIpc) is 2.48. The number of hydrogen-bond donors (Lipinski definition) is 0. The van der Waals surface area contributed by atoms with Gasteiger partial charge in [-0.3, -0.25) is 0 Å². The highest BCUT2D eigenvalue weighted by Gasteiger charge is 2.19. The lowest BCUT2D eigenvalue weighted by atomic mass is 10.0. The first-order valence-electron chi connectivity index (χ1n) is 5.87. The van der Waals surface area contributed by atoms with E-state index in [1.54, 1.807) is 32.4 Å². The van der Waals surface area contributed by atoms with Gasteiger partial charge in [-0.05, 0) is 24.3 Å². The van der Waals surface area contributed by atoms with Crippen LogP contribution in [0.5, 0.6) is 11.5 Å². The molecule has 0 aromatic heterocycles. The zero-order chi connectivity index (χ0) is 14.7. The van der Waals surface area contributed by atoms with Gasteiger partial charge in [0, 0.05) is 22.2 Å². The first-order valence-corrected chi connectivity index (χ1v) is 7.17. The zero-order valence-electron chi connectivity index (χ0n) is 11.0. The SMILES string of the molecule is COc1ccc(C(Br)c2cc(Cl)ccc2F)c(OC)c1. The summed E-state index contributed by atoms with van der Waals surface area (Å²) in [5.74, 6) is 0.969. The van der Waals surface area contributed by atoms with Gasteiger partial charge in [0.05, 0.1) is 19.0 Å². The Balaban J connectivity index is 2.47. The molecule has 0 heterocycles. The second-order valence-electron chi connectivity index (χ2n) is 4.14. The second-order valence-corrected chi connectivity index (χ2v) is 5.49. The molecule has 0 bridgehead atoms. The molecule has 0 saturated heterocycles. The van der Waals surface area contributed by atoms with Gasteiger partial charge in [0.15, 0.2) is 0 Å². The molecule has 0 fully saturated rings. The van der Waals surface area contributed by atoms with Crippen LogP contribution in [0.4, 0.5) is 4.39 Å². The van der Waals surface area contributed by atoms with Crippen molar-refractivity contribution in [1.29, 1.82) is 0 Å². The number of rotatable bonds is 4. The Morgan fingerprint density at radius 3 is 2.45 bits per heavy atom. The maximum Gasteiger partial charge on any atom is 0.127 e. The highest BCUT2D eigenvalue weighted by Crippen LogP contribution is 2.39. The van der Waals surface area contributed by atoms with E-state index in [-0.39, 0.29) is 10.6 Å². The van der Waals surface area contributed by atoms with Crippen LogP contribution in [-0.2, 0) is 0 Å². The van der Waals surface area contributed by atoms with Crippen molar-refractivity contribution < 1.29 is 13.9 Å². The molecular formula is C15H13BrClFO2. The standard InChI is InChI=1S/C15H13BrClFO2/c1-19-10-4-5-11(14(8-10)20-2)15(16)12-7-9(17)3-6-13(12)18/h3-8,15H,1-2H3. The second kappa shape index (κ2) is 6.46. The maximum absolute atomic E-state index is 13.9. The summed E-state index contributed by atoms with van der Waals surface area (Å²) in [5.41, 5.74) is 1.26. The number of ether oxygens (including phenoxy) is 2. The number of hydrogen-bond acceptors (Lipinski definition) is 2. The summed E-state index contributed by atoms with van der Waals surface area (Å²) in [6.07, 6.45) is 0. The number of methoxy groups -OCH3 is 2. The number of alkyl halides is 1. The Morgan fingerprint density at radius 2 is 1.80 bits per heavy atom. The van der Waals surface area contributed by atoms with E-state index in [1.807, 2.05) is 6.07 Å². The lowest BCUT2D eigenvalue weighted by Gasteiger charge is -2.16. The predicted octanol–water partition coefficient (Wildman–Crippen LogP) is 4.98. The largest absolute Gasteiger partial charge is 0.497 e. The summed E-state index contributed by atoms with van der Waals surface area (Å²) in [5, 5.41) is 0.485. The summed E-state index contributed by atoms with van der Waals surface area (Å²) in [7, 11) is 3.14. The Bertz CT molecular complexity index is 619. The van der Waals surface area contributed by atoms with E-state index in [2.05, 4.69) is 15.9 Å². The first kappa shape index (κ1) is 15.1. The summed E-state index contributed by atoms with van der Waals surface area (Å²) < 4.78 is 24.4. The van der Waals surface area contributed by atoms with Gasteiger partial charge in [-0.25, -0.2) is 4.39 Å². The third-order valence-electron chi connectivity index (χ3n) is 2.94. The van der Waals surface area contributed by atoms with Crippen molar-refractivity contribution >= 4 is 27.5 Å². The van der Waals surface area contributed by atoms with Crippen molar-refractivity contribution in [2.45, 2.75) is 4.83 Å². The summed E-state index contributed by atoms with van der Waals surface area (Å²) in [4.78, 5) is -0.359. The van der Waals surface area contributed by atoms with Gasteiger partial charge in [-0.15, -0.1) is 0 Å². The Hall–Kier alpha value is -1.26. The van der Waals surface area contributed by atoms with E-state index in [1.165, 1.54) is 12.1 Å². The van der Waals surface area contributed by atoms with Crippen molar-refractivity contribution in [1.82, 2.24) is 0 Å². The lowest BCUT2D eigenvalue weighted by Crippen LogP contribution is -2.00. The molecule has 2 aromatic rings. The van der Waals surface area contributed by atoms with E-state index >= 15 is 0 Å². The van der Waals surface area contributed by atoms with Crippen LogP contribution < -0.4 is 9.47 Å². The van der Waals surface area contributed by atoms with Crippen molar-refractivity contribution in [2.24, 2.45) is 0 Å². The van der Waals surface area contributed by atoms with Gasteiger partial charge in [0.1, 0.15) is 17.3 Å². The van der Waals surface area contributed by atoms with Gasteiger partial charge in [-0.1, -0.05) is 33.6 Å². The van der Waals surface area contributed by atoms with E-state index < -0.39 is 0 Å². The monoisotopic (exact) mass is 358 g/mol. The zero-order valence-corrected chi connectivity index (χ0v) is 13.3. The van der Waals surface area contributed by atoms with E-state index in [0.717, 1.165) is 5.56 Å². The van der Waals surface area contributed by atoms with Crippen LogP contribution >= 0.6 is 27.5 Å². The average molecular weight is 360 g/mol.